The van der Waals surface area contributed by atoms with Crippen molar-refractivity contribution in [3.8, 4) is 0 Å². The molecule has 0 heterocycles. The number of hydrogen-bond acceptors (Lipinski definition) is 9. The first-order valence-corrected chi connectivity index (χ1v) is 17.6. The lowest BCUT2D eigenvalue weighted by Crippen LogP contribution is -2.50. The molecule has 12 heteroatoms. The highest BCUT2D eigenvalue weighted by atomic mass is 32.2. The fraction of sp³-hybridized carbons (Fsp3) is 0.256. The Morgan fingerprint density at radius 1 is 0.569 bits per heavy atom. The molecule has 4 rings (SSSR count). The fourth-order valence-electron chi connectivity index (χ4n) is 4.65. The maximum Gasteiger partial charge on any atom is 0.408 e. The Labute approximate surface area is 301 Å². The lowest BCUT2D eigenvalue weighted by Gasteiger charge is -2.20. The molecular weight excluding hydrogens is 671 g/mol. The van der Waals surface area contributed by atoms with Crippen molar-refractivity contribution in [1.82, 2.24) is 16.0 Å². The van der Waals surface area contributed by atoms with Crippen molar-refractivity contribution in [2.45, 2.75) is 50.5 Å². The molecule has 0 aliphatic carbocycles. The minimum absolute atomic E-state index is 0.0177. The van der Waals surface area contributed by atoms with Gasteiger partial charge >= 0.3 is 18.0 Å². The van der Waals surface area contributed by atoms with E-state index >= 15 is 0 Å². The molecule has 0 saturated carbocycles. The Kier molecular flexibility index (Phi) is 16.1. The molecule has 0 aromatic heterocycles. The third-order valence-electron chi connectivity index (χ3n) is 7.37. The average molecular weight is 712 g/mol. The van der Waals surface area contributed by atoms with Crippen LogP contribution in [0.5, 0.6) is 0 Å². The second-order valence-electron chi connectivity index (χ2n) is 11.4. The number of carbonyl (C=O) groups is 5. The van der Waals surface area contributed by atoms with E-state index in [1.807, 2.05) is 97.1 Å². The molecule has 0 saturated heterocycles. The number of ether oxygens (including phenoxy) is 3. The van der Waals surface area contributed by atoms with Gasteiger partial charge in [0.25, 0.3) is 0 Å². The van der Waals surface area contributed by atoms with E-state index in [4.69, 9.17) is 14.2 Å². The van der Waals surface area contributed by atoms with E-state index in [9.17, 15) is 24.0 Å². The Hall–Kier alpha value is -5.62. The molecule has 11 nitrogen and oxygen atoms in total. The number of carbonyl (C=O) groups excluding carboxylic acids is 5. The maximum absolute atomic E-state index is 13.2. The van der Waals surface area contributed by atoms with Crippen LogP contribution in [0.2, 0.25) is 0 Å². The van der Waals surface area contributed by atoms with Crippen LogP contribution in [0.4, 0.5) is 4.79 Å². The van der Waals surface area contributed by atoms with E-state index in [1.54, 1.807) is 24.3 Å². The van der Waals surface area contributed by atoms with Crippen molar-refractivity contribution in [3.05, 3.63) is 144 Å². The zero-order valence-electron chi connectivity index (χ0n) is 28.0. The standard InChI is InChI=1S/C39H41N3O8S/c43-35(22-21-33(38(46)49-25-30-15-7-2-8-16-30)42-39(47)50-26-31-17-9-3-10-18-31)41-34(28-51-27-32-19-11-4-12-20-32)37(45)40-23-36(44)48-24-29-13-5-1-6-14-29/h1-20,33-34H,21-28H2,(H,40,45)(H,41,43)(H,42,47). The molecule has 0 aliphatic heterocycles. The topological polar surface area (TPSA) is 149 Å². The van der Waals surface area contributed by atoms with Gasteiger partial charge in [-0.2, -0.15) is 11.8 Å². The van der Waals surface area contributed by atoms with Crippen LogP contribution in [0.3, 0.4) is 0 Å². The Morgan fingerprint density at radius 3 is 1.61 bits per heavy atom. The van der Waals surface area contributed by atoms with Crippen molar-refractivity contribution in [2.75, 3.05) is 12.3 Å². The van der Waals surface area contributed by atoms with Gasteiger partial charge < -0.3 is 30.2 Å². The van der Waals surface area contributed by atoms with Crippen molar-refractivity contribution in [3.63, 3.8) is 0 Å². The van der Waals surface area contributed by atoms with Crippen LogP contribution < -0.4 is 16.0 Å². The molecule has 3 amide bonds. The van der Waals surface area contributed by atoms with E-state index < -0.39 is 41.9 Å². The van der Waals surface area contributed by atoms with Gasteiger partial charge in [-0.1, -0.05) is 121 Å². The minimum Gasteiger partial charge on any atom is -0.460 e. The summed E-state index contributed by atoms with van der Waals surface area (Å²) in [6, 6.07) is 34.7. The molecular formula is C39H41N3O8S. The second-order valence-corrected chi connectivity index (χ2v) is 12.4. The van der Waals surface area contributed by atoms with Gasteiger partial charge in [0.1, 0.15) is 38.4 Å². The predicted octanol–water partition coefficient (Wildman–Crippen LogP) is 5.08. The molecule has 4 aromatic rings. The molecule has 0 radical (unpaired) electrons. The van der Waals surface area contributed by atoms with Crippen LogP contribution in [-0.2, 0) is 59.0 Å². The van der Waals surface area contributed by atoms with Crippen molar-refractivity contribution >= 4 is 41.6 Å². The third-order valence-corrected chi connectivity index (χ3v) is 8.48. The van der Waals surface area contributed by atoms with Crippen LogP contribution in [0.1, 0.15) is 35.1 Å². The van der Waals surface area contributed by atoms with E-state index in [-0.39, 0.29) is 45.0 Å². The van der Waals surface area contributed by atoms with Gasteiger partial charge in [-0.15, -0.1) is 0 Å². The Bertz CT molecular complexity index is 1680. The van der Waals surface area contributed by atoms with Crippen LogP contribution in [0, 0.1) is 0 Å². The highest BCUT2D eigenvalue weighted by molar-refractivity contribution is 7.98. The molecule has 2 atom stereocenters. The normalized spacial score (nSPS) is 11.7. The van der Waals surface area contributed by atoms with Crippen molar-refractivity contribution in [2.24, 2.45) is 0 Å². The number of esters is 2. The first-order valence-electron chi connectivity index (χ1n) is 16.4. The summed E-state index contributed by atoms with van der Waals surface area (Å²) in [6.45, 7) is -0.370. The van der Waals surface area contributed by atoms with Crippen LogP contribution >= 0.6 is 11.8 Å². The van der Waals surface area contributed by atoms with E-state index in [2.05, 4.69) is 16.0 Å². The van der Waals surface area contributed by atoms with Gasteiger partial charge in [0.2, 0.25) is 11.8 Å². The maximum atomic E-state index is 13.2. The summed E-state index contributed by atoms with van der Waals surface area (Å²) in [6.07, 6.45) is -1.21. The number of rotatable bonds is 19. The lowest BCUT2D eigenvalue weighted by molar-refractivity contribution is -0.147. The zero-order valence-corrected chi connectivity index (χ0v) is 28.8. The summed E-state index contributed by atoms with van der Waals surface area (Å²) in [4.78, 5) is 64.5. The van der Waals surface area contributed by atoms with Gasteiger partial charge in [-0.3, -0.25) is 14.4 Å². The predicted molar refractivity (Wildman–Crippen MR) is 193 cm³/mol. The molecule has 4 aromatic carbocycles. The van der Waals surface area contributed by atoms with Crippen LogP contribution in [0.25, 0.3) is 0 Å². The monoisotopic (exact) mass is 711 g/mol. The van der Waals surface area contributed by atoms with Gasteiger partial charge in [-0.25, -0.2) is 9.59 Å². The zero-order chi connectivity index (χ0) is 36.1. The summed E-state index contributed by atoms with van der Waals surface area (Å²) >= 11 is 1.43. The van der Waals surface area contributed by atoms with Crippen molar-refractivity contribution < 1.29 is 38.2 Å². The molecule has 3 N–H and O–H groups in total. The molecule has 0 bridgehead atoms. The SMILES string of the molecule is O=C(CCC(NC(=O)OCc1ccccc1)C(=O)OCc1ccccc1)NC(CSCc1ccccc1)C(=O)NCC(=O)OCc1ccccc1. The largest absolute Gasteiger partial charge is 0.460 e. The van der Waals surface area contributed by atoms with Gasteiger partial charge in [-0.05, 0) is 28.7 Å². The Balaban J connectivity index is 1.34. The molecule has 0 fully saturated rings. The number of hydrogen-bond donors (Lipinski definition) is 3. The van der Waals surface area contributed by atoms with E-state index in [1.165, 1.54) is 11.8 Å². The highest BCUT2D eigenvalue weighted by Crippen LogP contribution is 2.14. The number of thioether (sulfide) groups is 1. The first kappa shape index (κ1) is 38.2. The number of amides is 3. The number of nitrogens with one attached hydrogen (secondary N) is 3. The summed E-state index contributed by atoms with van der Waals surface area (Å²) in [5, 5.41) is 7.78. The van der Waals surface area contributed by atoms with E-state index in [0.29, 0.717) is 5.75 Å². The summed E-state index contributed by atoms with van der Waals surface area (Å²) in [5.41, 5.74) is 3.36. The smallest absolute Gasteiger partial charge is 0.408 e. The van der Waals surface area contributed by atoms with Crippen molar-refractivity contribution in [1.29, 1.82) is 0 Å². The quantitative estimate of drug-likeness (QED) is 0.0894. The molecule has 0 spiro atoms. The Morgan fingerprint density at radius 2 is 1.06 bits per heavy atom. The lowest BCUT2D eigenvalue weighted by atomic mass is 10.1. The highest BCUT2D eigenvalue weighted by Gasteiger charge is 2.26. The minimum atomic E-state index is -1.21. The molecule has 51 heavy (non-hydrogen) atoms. The van der Waals surface area contributed by atoms with Gasteiger partial charge in [0.15, 0.2) is 0 Å². The summed E-state index contributed by atoms with van der Waals surface area (Å²) in [7, 11) is 0. The molecule has 266 valence electrons. The summed E-state index contributed by atoms with van der Waals surface area (Å²) in [5.74, 6) is -1.69. The van der Waals surface area contributed by atoms with E-state index in [0.717, 1.165) is 22.3 Å². The van der Waals surface area contributed by atoms with Gasteiger partial charge in [0, 0.05) is 17.9 Å². The van der Waals surface area contributed by atoms with Gasteiger partial charge in [0.05, 0.1) is 0 Å². The number of alkyl carbamates (subject to hydrolysis) is 1. The molecule has 2 unspecified atom stereocenters. The second kappa shape index (κ2) is 21.5. The van der Waals surface area contributed by atoms with Crippen LogP contribution in [0.15, 0.2) is 121 Å². The molecule has 0 aliphatic rings. The first-order chi connectivity index (χ1) is 24.9. The number of benzene rings is 4. The summed E-state index contributed by atoms with van der Waals surface area (Å²) < 4.78 is 16.0. The van der Waals surface area contributed by atoms with Crippen LogP contribution in [-0.4, -0.2) is 54.2 Å². The fourth-order valence-corrected chi connectivity index (χ4v) is 5.67. The average Bonchev–Trinajstić information content (AvgIpc) is 3.17. The third kappa shape index (κ3) is 14.8.